The van der Waals surface area contributed by atoms with Crippen molar-refractivity contribution < 1.29 is 9.26 Å². The van der Waals surface area contributed by atoms with Gasteiger partial charge in [-0.1, -0.05) is 31.1 Å². The summed E-state index contributed by atoms with van der Waals surface area (Å²) in [5.74, 6) is 1.86. The number of nitrogens with one attached hydrogen (secondary N) is 1. The molecular formula is C23H37IN6O2. The first-order valence-corrected chi connectivity index (χ1v) is 11.2. The van der Waals surface area contributed by atoms with E-state index >= 15 is 0 Å². The lowest BCUT2D eigenvalue weighted by molar-refractivity contribution is 0.169. The van der Waals surface area contributed by atoms with Crippen molar-refractivity contribution in [3.63, 3.8) is 0 Å². The predicted octanol–water partition coefficient (Wildman–Crippen LogP) is 2.91. The van der Waals surface area contributed by atoms with Crippen molar-refractivity contribution in [2.24, 2.45) is 4.99 Å². The normalized spacial score (nSPS) is 15.0. The maximum atomic E-state index is 5.88. The van der Waals surface area contributed by atoms with Gasteiger partial charge in [-0.15, -0.1) is 24.0 Å². The molecule has 1 fully saturated rings. The third-order valence-electron chi connectivity index (χ3n) is 5.71. The Morgan fingerprint density at radius 3 is 2.44 bits per heavy atom. The Morgan fingerprint density at radius 1 is 1.12 bits per heavy atom. The molecule has 1 aromatic carbocycles. The highest BCUT2D eigenvalue weighted by Crippen LogP contribution is 2.13. The number of rotatable bonds is 10. The molecule has 0 spiro atoms. The number of nitrogens with zero attached hydrogens (tertiary/aromatic N) is 5. The summed E-state index contributed by atoms with van der Waals surface area (Å²) < 4.78 is 10.8. The predicted molar refractivity (Wildman–Crippen MR) is 139 cm³/mol. The molecule has 1 aliphatic rings. The Labute approximate surface area is 209 Å². The molecule has 0 aliphatic carbocycles. The highest BCUT2D eigenvalue weighted by molar-refractivity contribution is 14.0. The van der Waals surface area contributed by atoms with Gasteiger partial charge in [-0.2, -0.15) is 0 Å². The molecule has 0 saturated carbocycles. The number of hydrogen-bond acceptors (Lipinski definition) is 6. The molecule has 9 heteroatoms. The van der Waals surface area contributed by atoms with Crippen LogP contribution in [0, 0.1) is 0 Å². The first kappa shape index (κ1) is 26.4. The number of benzene rings is 1. The Morgan fingerprint density at radius 2 is 1.84 bits per heavy atom. The van der Waals surface area contributed by atoms with Crippen molar-refractivity contribution in [3.05, 3.63) is 47.9 Å². The van der Waals surface area contributed by atoms with E-state index in [2.05, 4.69) is 56.1 Å². The first-order valence-electron chi connectivity index (χ1n) is 11.2. The Hall–Kier alpha value is -1.85. The Bertz CT molecular complexity index is 772. The van der Waals surface area contributed by atoms with E-state index in [-0.39, 0.29) is 24.0 Å². The summed E-state index contributed by atoms with van der Waals surface area (Å²) in [6, 6.07) is 10.2. The molecule has 0 amide bonds. The van der Waals surface area contributed by atoms with Crippen LogP contribution in [0.15, 0.2) is 46.1 Å². The van der Waals surface area contributed by atoms with Gasteiger partial charge in [0.2, 0.25) is 0 Å². The van der Waals surface area contributed by atoms with Gasteiger partial charge in [0.15, 0.2) is 5.96 Å². The molecule has 2 heterocycles. The molecule has 1 aliphatic heterocycles. The topological polar surface area (TPSA) is 69.4 Å². The molecule has 3 rings (SSSR count). The molecule has 2 aromatic rings. The quantitative estimate of drug-likeness (QED) is 0.274. The fraction of sp³-hybridized carbons (Fsp3) is 0.565. The zero-order valence-corrected chi connectivity index (χ0v) is 21.8. The summed E-state index contributed by atoms with van der Waals surface area (Å²) in [5, 5.41) is 7.50. The number of piperazine rings is 1. The van der Waals surface area contributed by atoms with Crippen LogP contribution in [-0.2, 0) is 13.1 Å². The molecular weight excluding hydrogens is 519 g/mol. The van der Waals surface area contributed by atoms with Gasteiger partial charge in [-0.05, 0) is 30.8 Å². The molecule has 1 aromatic heterocycles. The second-order valence-corrected chi connectivity index (χ2v) is 7.67. The van der Waals surface area contributed by atoms with Crippen LogP contribution in [0.1, 0.15) is 25.1 Å². The standard InChI is InChI=1S/C23H36N6O2.HI/c1-4-27(5-2)15-17-30-22-8-6-20(7-9-22)18-25-23(24-3)29-13-11-28(12-14-29)19-21-10-16-31-26-21;/h6-10,16H,4-5,11-15,17-19H2,1-3H3,(H,24,25);1H. The lowest BCUT2D eigenvalue weighted by Gasteiger charge is -2.36. The van der Waals surface area contributed by atoms with Crippen molar-refractivity contribution in [3.8, 4) is 5.75 Å². The van der Waals surface area contributed by atoms with E-state index in [4.69, 9.17) is 9.26 Å². The van der Waals surface area contributed by atoms with Gasteiger partial charge in [0.1, 0.15) is 18.6 Å². The molecule has 8 nitrogen and oxygen atoms in total. The molecule has 1 N–H and O–H groups in total. The Balaban J connectivity index is 0.00000363. The van der Waals surface area contributed by atoms with Crippen molar-refractivity contribution in [1.82, 2.24) is 25.2 Å². The average molecular weight is 556 g/mol. The molecule has 0 unspecified atom stereocenters. The lowest BCUT2D eigenvalue weighted by atomic mass is 10.2. The van der Waals surface area contributed by atoms with Crippen molar-refractivity contribution in [2.75, 3.05) is 59.5 Å². The third-order valence-corrected chi connectivity index (χ3v) is 5.71. The van der Waals surface area contributed by atoms with Crippen LogP contribution in [-0.4, -0.2) is 85.3 Å². The molecule has 0 bridgehead atoms. The molecule has 32 heavy (non-hydrogen) atoms. The number of aromatic nitrogens is 1. The second kappa shape index (κ2) is 14.3. The monoisotopic (exact) mass is 556 g/mol. The number of hydrogen-bond donors (Lipinski definition) is 1. The van der Waals surface area contributed by atoms with Gasteiger partial charge in [-0.25, -0.2) is 0 Å². The zero-order valence-electron chi connectivity index (χ0n) is 19.5. The van der Waals surface area contributed by atoms with E-state index < -0.39 is 0 Å². The average Bonchev–Trinajstić information content (AvgIpc) is 3.32. The second-order valence-electron chi connectivity index (χ2n) is 7.67. The summed E-state index contributed by atoms with van der Waals surface area (Å²) in [5.41, 5.74) is 2.19. The smallest absolute Gasteiger partial charge is 0.194 e. The van der Waals surface area contributed by atoms with Crippen LogP contribution in [0.2, 0.25) is 0 Å². The summed E-state index contributed by atoms with van der Waals surface area (Å²) >= 11 is 0. The molecule has 1 saturated heterocycles. The van der Waals surface area contributed by atoms with Crippen LogP contribution in [0.3, 0.4) is 0 Å². The van der Waals surface area contributed by atoms with E-state index in [1.807, 2.05) is 25.2 Å². The van der Waals surface area contributed by atoms with E-state index in [0.717, 1.165) is 76.3 Å². The maximum absolute atomic E-state index is 5.88. The summed E-state index contributed by atoms with van der Waals surface area (Å²) in [7, 11) is 1.84. The maximum Gasteiger partial charge on any atom is 0.194 e. The van der Waals surface area contributed by atoms with Gasteiger partial charge in [-0.3, -0.25) is 9.89 Å². The van der Waals surface area contributed by atoms with Crippen LogP contribution >= 0.6 is 24.0 Å². The lowest BCUT2D eigenvalue weighted by Crippen LogP contribution is -2.52. The Kier molecular flexibility index (Phi) is 11.8. The number of ether oxygens (including phenoxy) is 1. The highest BCUT2D eigenvalue weighted by atomic mass is 127. The van der Waals surface area contributed by atoms with Crippen molar-refractivity contribution >= 4 is 29.9 Å². The summed E-state index contributed by atoms with van der Waals surface area (Å²) in [4.78, 5) is 11.5. The van der Waals surface area contributed by atoms with Crippen molar-refractivity contribution in [2.45, 2.75) is 26.9 Å². The van der Waals surface area contributed by atoms with E-state index in [9.17, 15) is 0 Å². The van der Waals surface area contributed by atoms with E-state index in [0.29, 0.717) is 6.61 Å². The number of likely N-dealkylation sites (N-methyl/N-ethyl adjacent to an activating group) is 1. The van der Waals surface area contributed by atoms with Gasteiger partial charge in [0.25, 0.3) is 0 Å². The first-order chi connectivity index (χ1) is 15.2. The number of aliphatic imine (C=N–C) groups is 1. The minimum absolute atomic E-state index is 0. The van der Waals surface area contributed by atoms with Crippen LogP contribution in [0.5, 0.6) is 5.75 Å². The number of halogens is 1. The van der Waals surface area contributed by atoms with Crippen LogP contribution in [0.4, 0.5) is 0 Å². The van der Waals surface area contributed by atoms with Crippen molar-refractivity contribution in [1.29, 1.82) is 0 Å². The highest BCUT2D eigenvalue weighted by Gasteiger charge is 2.20. The number of guanidine groups is 1. The van der Waals surface area contributed by atoms with E-state index in [1.165, 1.54) is 5.56 Å². The molecule has 178 valence electrons. The van der Waals surface area contributed by atoms with Gasteiger partial charge >= 0.3 is 0 Å². The largest absolute Gasteiger partial charge is 0.492 e. The zero-order chi connectivity index (χ0) is 21.9. The minimum Gasteiger partial charge on any atom is -0.492 e. The molecule has 0 atom stereocenters. The fourth-order valence-electron chi connectivity index (χ4n) is 3.72. The minimum atomic E-state index is 0. The van der Waals surface area contributed by atoms with Gasteiger partial charge in [0, 0.05) is 58.9 Å². The van der Waals surface area contributed by atoms with Gasteiger partial charge in [0.05, 0.1) is 5.69 Å². The van der Waals surface area contributed by atoms with Crippen LogP contribution < -0.4 is 10.1 Å². The van der Waals surface area contributed by atoms with Crippen LogP contribution in [0.25, 0.3) is 0 Å². The fourth-order valence-corrected chi connectivity index (χ4v) is 3.72. The third kappa shape index (κ3) is 8.25. The molecule has 0 radical (unpaired) electrons. The SMILES string of the molecule is CCN(CC)CCOc1ccc(CNC(=NC)N2CCN(Cc3ccon3)CC2)cc1.I. The summed E-state index contributed by atoms with van der Waals surface area (Å²) in [6.07, 6.45) is 1.63. The van der Waals surface area contributed by atoms with E-state index in [1.54, 1.807) is 6.26 Å². The van der Waals surface area contributed by atoms with Gasteiger partial charge < -0.3 is 24.4 Å². The summed E-state index contributed by atoms with van der Waals surface area (Å²) in [6.45, 7) is 13.6.